The Morgan fingerprint density at radius 3 is 1.88 bits per heavy atom. The van der Waals surface area contributed by atoms with Crippen LogP contribution < -0.4 is 21.9 Å². The lowest BCUT2D eigenvalue weighted by atomic mass is 10.1. The molecule has 0 aliphatic heterocycles. The number of anilines is 4. The molecule has 302 valence electrons. The zero-order valence-corrected chi connectivity index (χ0v) is 32.0. The number of hydrogen-bond acceptors (Lipinski definition) is 20. The van der Waals surface area contributed by atoms with Gasteiger partial charge in [0.25, 0.3) is 25.8 Å². The van der Waals surface area contributed by atoms with Crippen LogP contribution in [0.25, 0.3) is 10.8 Å². The van der Waals surface area contributed by atoms with Crippen molar-refractivity contribution in [1.82, 2.24) is 0 Å². The lowest BCUT2D eigenvalue weighted by Crippen LogP contribution is -2.12. The molecular weight excluding hydrogens is 835 g/mol. The number of benzene rings is 6. The second-order valence-corrected chi connectivity index (χ2v) is 15.7. The molecule has 0 heterocycles. The van der Waals surface area contributed by atoms with Crippen LogP contribution in [0.1, 0.15) is 0 Å². The molecule has 10 N–H and O–H groups in total. The highest BCUT2D eigenvalue weighted by atomic mass is 32.2. The Hall–Kier alpha value is -7.13. The van der Waals surface area contributed by atoms with E-state index in [0.717, 1.165) is 6.07 Å². The number of nitro benzene ring substituents is 1. The first-order valence-electron chi connectivity index (χ1n) is 16.2. The Kier molecular flexibility index (Phi) is 12.1. The average molecular weight is 862 g/mol. The monoisotopic (exact) mass is 861 g/mol. The van der Waals surface area contributed by atoms with Gasteiger partial charge >= 0.3 is 0 Å². The van der Waals surface area contributed by atoms with Crippen LogP contribution in [0.5, 0.6) is 5.75 Å². The number of nitro groups is 1. The lowest BCUT2D eigenvalue weighted by molar-refractivity contribution is -0.432. The average Bonchev–Trinajstić information content (AvgIpc) is 3.19. The third-order valence-electron chi connectivity index (χ3n) is 7.93. The molecule has 0 atom stereocenters. The highest BCUT2D eigenvalue weighted by molar-refractivity contribution is 7.94. The number of fused-ring (bicyclic) bond motifs is 1. The van der Waals surface area contributed by atoms with Gasteiger partial charge in [-0.1, -0.05) is 5.04 Å². The van der Waals surface area contributed by atoms with Gasteiger partial charge in [-0.2, -0.15) is 23.8 Å². The van der Waals surface area contributed by atoms with Crippen molar-refractivity contribution in [2.75, 3.05) is 21.9 Å². The molecule has 6 aromatic rings. The third kappa shape index (κ3) is 9.71. The van der Waals surface area contributed by atoms with Gasteiger partial charge in [0, 0.05) is 23.5 Å². The van der Waals surface area contributed by atoms with E-state index in [-0.39, 0.29) is 54.7 Å². The van der Waals surface area contributed by atoms with Gasteiger partial charge in [-0.3, -0.25) is 19.4 Å². The van der Waals surface area contributed by atoms with Crippen LogP contribution in [0.4, 0.5) is 62.6 Å². The van der Waals surface area contributed by atoms with Crippen molar-refractivity contribution in [2.24, 2.45) is 30.7 Å². The van der Waals surface area contributed by atoms with Crippen molar-refractivity contribution in [3.05, 3.63) is 113 Å². The van der Waals surface area contributed by atoms with Crippen LogP contribution in [-0.4, -0.2) is 36.7 Å². The molecule has 0 aromatic heterocycles. The largest absolute Gasteiger partial charge is 0.505 e. The first-order chi connectivity index (χ1) is 28.0. The number of sulfonamides is 1. The van der Waals surface area contributed by atoms with Crippen LogP contribution in [0.3, 0.4) is 0 Å². The minimum Gasteiger partial charge on any atom is -0.505 e. The summed E-state index contributed by atoms with van der Waals surface area (Å²) in [6, 6.07) is 22.7. The van der Waals surface area contributed by atoms with Gasteiger partial charge in [-0.25, -0.2) is 13.7 Å². The minimum atomic E-state index is -5.09. The number of nitrogen functional groups attached to an aromatic ring is 3. The summed E-state index contributed by atoms with van der Waals surface area (Å²) < 4.78 is 68.3. The molecule has 59 heavy (non-hydrogen) atoms. The summed E-state index contributed by atoms with van der Waals surface area (Å²) in [7, 11) is -9.22. The number of rotatable bonds is 14. The van der Waals surface area contributed by atoms with Crippen molar-refractivity contribution < 1.29 is 46.0 Å². The van der Waals surface area contributed by atoms with E-state index in [4.69, 9.17) is 22.5 Å². The number of phenolic OH excluding ortho intramolecular Hbond substituents is 1. The van der Waals surface area contributed by atoms with E-state index >= 15 is 0 Å². The molecule has 0 aliphatic rings. The van der Waals surface area contributed by atoms with Gasteiger partial charge in [0.15, 0.2) is 5.75 Å². The Bertz CT molecular complexity index is 2900. The molecule has 6 rings (SSSR count). The second kappa shape index (κ2) is 17.2. The fourth-order valence-electron chi connectivity index (χ4n) is 5.16. The van der Waals surface area contributed by atoms with E-state index in [1.54, 1.807) is 18.2 Å². The molecular formula is C34H27N11O11S3. The number of phenols is 1. The van der Waals surface area contributed by atoms with Crippen molar-refractivity contribution in [3.63, 3.8) is 0 Å². The summed E-state index contributed by atoms with van der Waals surface area (Å²) >= 11 is 0.362. The zero-order chi connectivity index (χ0) is 42.5. The van der Waals surface area contributed by atoms with Crippen LogP contribution >= 0.6 is 12.0 Å². The summed E-state index contributed by atoms with van der Waals surface area (Å²) in [6.45, 7) is 0. The number of azo groups is 3. The Labute approximate surface area is 336 Å². The molecule has 25 heteroatoms. The predicted molar refractivity (Wildman–Crippen MR) is 215 cm³/mol. The van der Waals surface area contributed by atoms with Gasteiger partial charge in [0.2, 0.25) is 0 Å². The van der Waals surface area contributed by atoms with Gasteiger partial charge in [0.1, 0.15) is 22.0 Å². The Morgan fingerprint density at radius 2 is 1.31 bits per heavy atom. The maximum absolute atomic E-state index is 13.1. The van der Waals surface area contributed by atoms with Crippen LogP contribution in [0, 0.1) is 10.1 Å². The number of non-ortho nitro benzene ring substituents is 1. The zero-order valence-electron chi connectivity index (χ0n) is 29.5. The fourth-order valence-corrected chi connectivity index (χ4v) is 7.38. The number of nitrogens with two attached hydrogens (primary N) is 3. The van der Waals surface area contributed by atoms with Crippen molar-refractivity contribution in [1.29, 1.82) is 0 Å². The van der Waals surface area contributed by atoms with Crippen LogP contribution in [0.2, 0.25) is 0 Å². The van der Waals surface area contributed by atoms with E-state index < -0.39 is 41.4 Å². The molecule has 6 aromatic carbocycles. The van der Waals surface area contributed by atoms with Gasteiger partial charge in [0.05, 0.1) is 60.6 Å². The molecule has 0 amide bonds. The van der Waals surface area contributed by atoms with E-state index in [1.807, 2.05) is 0 Å². The minimum absolute atomic E-state index is 0.000326. The molecule has 0 saturated heterocycles. The molecule has 22 nitrogen and oxygen atoms in total. The summed E-state index contributed by atoms with van der Waals surface area (Å²) in [5, 5.41) is 58.5. The quantitative estimate of drug-likeness (QED) is 0.0102. The fraction of sp³-hybridized carbons (Fsp3) is 0. The normalized spacial score (nSPS) is 12.2. The first kappa shape index (κ1) is 41.5. The molecule has 0 unspecified atom stereocenters. The molecule has 0 aliphatic carbocycles. The maximum atomic E-state index is 13.1. The topological polar surface area (TPSA) is 355 Å². The van der Waals surface area contributed by atoms with Crippen molar-refractivity contribution in [3.8, 4) is 5.75 Å². The smallest absolute Gasteiger partial charge is 0.296 e. The SMILES string of the molecule is Nc1ccc(N=Nc2ccc(NS(=O)(=O)c3ccc(N=Nc4c(S(=O)(=O)O)cc5cc(SOOO)c(N=Nc6ccc([N+](=O)[O-])cc6)c(N)c5c4O)cc3)cc2)c(N)c1. The molecule has 0 spiro atoms. The van der Waals surface area contributed by atoms with Crippen LogP contribution in [0.15, 0.2) is 149 Å². The lowest BCUT2D eigenvalue weighted by Gasteiger charge is -2.14. The summed E-state index contributed by atoms with van der Waals surface area (Å²) in [5.74, 6) is -0.871. The van der Waals surface area contributed by atoms with E-state index in [0.29, 0.717) is 34.8 Å². The van der Waals surface area contributed by atoms with Crippen molar-refractivity contribution >= 4 is 106 Å². The third-order valence-corrected chi connectivity index (χ3v) is 10.8. The Morgan fingerprint density at radius 1 is 0.729 bits per heavy atom. The molecule has 0 fully saturated rings. The standard InChI is InChI=1S/C34H27N11O11S3/c35-19-1-14-27(26(36)17-19)41-38-20-2-4-23(5-3-20)44-58(50,51)25-12-8-22(9-13-25)40-43-33-29(59(52,53)54)16-18-15-28(57-56-55-49)32(31(37)30(18)34(33)46)42-39-21-6-10-24(11-7-21)45(47)48/h1-17,44,46,49H,35-37H2,(H,52,53,54). The number of nitrogens with one attached hydrogen (secondary N) is 1. The van der Waals surface area contributed by atoms with E-state index in [1.165, 1.54) is 78.9 Å². The molecule has 0 saturated carbocycles. The second-order valence-electron chi connectivity index (χ2n) is 11.8. The molecule has 0 bridgehead atoms. The first-order valence-corrected chi connectivity index (χ1v) is 19.8. The Balaban J connectivity index is 1.27. The van der Waals surface area contributed by atoms with Gasteiger partial charge in [-0.05, 0) is 96.4 Å². The molecule has 0 radical (unpaired) electrons. The maximum Gasteiger partial charge on any atom is 0.296 e. The number of aromatic hydroxyl groups is 1. The summed E-state index contributed by atoms with van der Waals surface area (Å²) in [6.07, 6.45) is 0. The highest BCUT2D eigenvalue weighted by Gasteiger charge is 2.26. The number of nitrogens with zero attached hydrogens (tertiary/aromatic N) is 7. The van der Waals surface area contributed by atoms with E-state index in [2.05, 4.69) is 44.8 Å². The summed E-state index contributed by atoms with van der Waals surface area (Å²) in [4.78, 5) is 9.29. The van der Waals surface area contributed by atoms with Gasteiger partial charge in [-0.15, -0.1) is 19.7 Å². The number of hydrogen-bond donors (Lipinski definition) is 7. The van der Waals surface area contributed by atoms with Gasteiger partial charge < -0.3 is 22.3 Å². The predicted octanol–water partition coefficient (Wildman–Crippen LogP) is 8.92. The van der Waals surface area contributed by atoms with Crippen molar-refractivity contribution in [2.45, 2.75) is 14.7 Å². The van der Waals surface area contributed by atoms with Crippen LogP contribution in [-0.2, 0) is 29.5 Å². The highest BCUT2D eigenvalue weighted by Crippen LogP contribution is 2.49. The summed E-state index contributed by atoms with van der Waals surface area (Å²) in [5.41, 5.74) is 18.5. The van der Waals surface area contributed by atoms with E-state index in [9.17, 15) is 36.6 Å².